The third kappa shape index (κ3) is 3.27. The van der Waals surface area contributed by atoms with E-state index in [1.165, 1.54) is 0 Å². The lowest BCUT2D eigenvalue weighted by molar-refractivity contribution is -0.143. The fraction of sp³-hybridized carbons (Fsp3) is 0.364. The molecule has 0 aliphatic heterocycles. The van der Waals surface area contributed by atoms with Gasteiger partial charge in [-0.15, -0.1) is 0 Å². The molecule has 0 bridgehead atoms. The quantitative estimate of drug-likeness (QED) is 0.802. The maximum Gasteiger partial charge on any atom is 0.307 e. The van der Waals surface area contributed by atoms with E-state index in [-0.39, 0.29) is 18.6 Å². The molecule has 0 aliphatic carbocycles. The molecule has 16 heavy (non-hydrogen) atoms. The summed E-state index contributed by atoms with van der Waals surface area (Å²) in [4.78, 5) is 11.1. The number of ether oxygens (including phenoxy) is 1. The normalized spacial score (nSPS) is 12.2. The van der Waals surface area contributed by atoms with Crippen LogP contribution in [0.1, 0.15) is 24.9 Å². The largest absolute Gasteiger partial charge is 0.466 e. The number of halogens is 2. The second kappa shape index (κ2) is 5.55. The van der Waals surface area contributed by atoms with Gasteiger partial charge in [0.05, 0.1) is 13.0 Å². The predicted octanol–water partition coefficient (Wildman–Crippen LogP) is 1.92. The molecule has 0 fully saturated rings. The summed E-state index contributed by atoms with van der Waals surface area (Å²) in [5, 5.41) is 0. The van der Waals surface area contributed by atoms with Gasteiger partial charge in [-0.25, -0.2) is 8.78 Å². The van der Waals surface area contributed by atoms with Gasteiger partial charge < -0.3 is 10.5 Å². The lowest BCUT2D eigenvalue weighted by Gasteiger charge is -2.12. The van der Waals surface area contributed by atoms with Crippen LogP contribution in [0.5, 0.6) is 0 Å². The van der Waals surface area contributed by atoms with Crippen LogP contribution in [0.4, 0.5) is 8.78 Å². The van der Waals surface area contributed by atoms with Crippen molar-refractivity contribution in [1.29, 1.82) is 0 Å². The minimum Gasteiger partial charge on any atom is -0.466 e. The lowest BCUT2D eigenvalue weighted by Crippen LogP contribution is -2.18. The van der Waals surface area contributed by atoms with Gasteiger partial charge in [-0.3, -0.25) is 4.79 Å². The molecule has 0 amide bonds. The highest BCUT2D eigenvalue weighted by molar-refractivity contribution is 5.70. The van der Waals surface area contributed by atoms with Crippen molar-refractivity contribution in [3.8, 4) is 0 Å². The zero-order chi connectivity index (χ0) is 12.1. The zero-order valence-electron chi connectivity index (χ0n) is 8.87. The standard InChI is InChI=1S/C11H13F2NO2/c1-2-16-11(15)6-10(14)8-5-7(12)3-4-9(8)13/h3-5,10H,2,6,14H2,1H3/t10-/m1/s1. The molecule has 2 N–H and O–H groups in total. The Hall–Kier alpha value is -1.49. The van der Waals surface area contributed by atoms with Crippen LogP contribution in [0.15, 0.2) is 18.2 Å². The van der Waals surface area contributed by atoms with Crippen molar-refractivity contribution in [3.63, 3.8) is 0 Å². The summed E-state index contributed by atoms with van der Waals surface area (Å²) in [7, 11) is 0. The van der Waals surface area contributed by atoms with Gasteiger partial charge in [0.2, 0.25) is 0 Å². The van der Waals surface area contributed by atoms with Gasteiger partial charge in [0.1, 0.15) is 11.6 Å². The highest BCUT2D eigenvalue weighted by Gasteiger charge is 2.16. The number of benzene rings is 1. The molecule has 0 saturated heterocycles. The molecule has 0 aromatic heterocycles. The topological polar surface area (TPSA) is 52.3 Å². The van der Waals surface area contributed by atoms with Crippen LogP contribution in [0.3, 0.4) is 0 Å². The third-order valence-corrected chi connectivity index (χ3v) is 2.05. The first kappa shape index (κ1) is 12.6. The van der Waals surface area contributed by atoms with E-state index >= 15 is 0 Å². The van der Waals surface area contributed by atoms with Gasteiger partial charge in [0.15, 0.2) is 0 Å². The summed E-state index contributed by atoms with van der Waals surface area (Å²) in [6, 6.07) is 2.07. The van der Waals surface area contributed by atoms with Crippen LogP contribution in [-0.2, 0) is 9.53 Å². The third-order valence-electron chi connectivity index (χ3n) is 2.05. The number of carbonyl (C=O) groups excluding carboxylic acids is 1. The number of esters is 1. The summed E-state index contributed by atoms with van der Waals surface area (Å²) in [5.41, 5.74) is 5.57. The maximum atomic E-state index is 13.3. The predicted molar refractivity (Wildman–Crippen MR) is 54.5 cm³/mol. The van der Waals surface area contributed by atoms with Crippen molar-refractivity contribution >= 4 is 5.97 Å². The number of carbonyl (C=O) groups is 1. The van der Waals surface area contributed by atoms with Crippen molar-refractivity contribution in [3.05, 3.63) is 35.4 Å². The van der Waals surface area contributed by atoms with Crippen LogP contribution < -0.4 is 5.73 Å². The van der Waals surface area contributed by atoms with E-state index in [2.05, 4.69) is 4.74 Å². The van der Waals surface area contributed by atoms with Gasteiger partial charge in [-0.1, -0.05) is 0 Å². The highest BCUT2D eigenvalue weighted by atomic mass is 19.1. The van der Waals surface area contributed by atoms with Crippen molar-refractivity contribution < 1.29 is 18.3 Å². The number of rotatable bonds is 4. The van der Waals surface area contributed by atoms with Crippen molar-refractivity contribution in [1.82, 2.24) is 0 Å². The molecule has 3 nitrogen and oxygen atoms in total. The van der Waals surface area contributed by atoms with E-state index in [4.69, 9.17) is 5.73 Å². The van der Waals surface area contributed by atoms with Crippen molar-refractivity contribution in [2.75, 3.05) is 6.61 Å². The fourth-order valence-electron chi connectivity index (χ4n) is 1.31. The Morgan fingerprint density at radius 2 is 2.19 bits per heavy atom. The van der Waals surface area contributed by atoms with Crippen LogP contribution >= 0.6 is 0 Å². The van der Waals surface area contributed by atoms with Crippen LogP contribution in [0.2, 0.25) is 0 Å². The maximum absolute atomic E-state index is 13.3. The number of hydrogen-bond acceptors (Lipinski definition) is 3. The molecule has 88 valence electrons. The minimum atomic E-state index is -0.894. The Bertz CT molecular complexity index is 382. The molecule has 0 unspecified atom stereocenters. The Morgan fingerprint density at radius 3 is 2.81 bits per heavy atom. The molecule has 0 radical (unpaired) electrons. The lowest BCUT2D eigenvalue weighted by atomic mass is 10.0. The van der Waals surface area contributed by atoms with Crippen molar-refractivity contribution in [2.24, 2.45) is 5.73 Å². The molecule has 1 aromatic rings. The van der Waals surface area contributed by atoms with Gasteiger partial charge in [0, 0.05) is 11.6 Å². The number of nitrogens with two attached hydrogens (primary N) is 1. The average Bonchev–Trinajstić information content (AvgIpc) is 2.21. The summed E-state index contributed by atoms with van der Waals surface area (Å²) in [6.45, 7) is 1.89. The minimum absolute atomic E-state index is 0.0203. The van der Waals surface area contributed by atoms with Crippen molar-refractivity contribution in [2.45, 2.75) is 19.4 Å². The Balaban J connectivity index is 2.76. The molecule has 0 heterocycles. The molecule has 0 saturated carbocycles. The van der Waals surface area contributed by atoms with Crippen LogP contribution in [0.25, 0.3) is 0 Å². The Kier molecular flexibility index (Phi) is 4.37. The summed E-state index contributed by atoms with van der Waals surface area (Å²) >= 11 is 0. The van der Waals surface area contributed by atoms with E-state index in [1.807, 2.05) is 0 Å². The average molecular weight is 229 g/mol. The van der Waals surface area contributed by atoms with Gasteiger partial charge in [0.25, 0.3) is 0 Å². The summed E-state index contributed by atoms with van der Waals surface area (Å²) in [6.07, 6.45) is -0.172. The van der Waals surface area contributed by atoms with E-state index in [9.17, 15) is 13.6 Å². The number of hydrogen-bond donors (Lipinski definition) is 1. The van der Waals surface area contributed by atoms with Gasteiger partial charge >= 0.3 is 5.97 Å². The monoisotopic (exact) mass is 229 g/mol. The zero-order valence-corrected chi connectivity index (χ0v) is 8.87. The second-order valence-electron chi connectivity index (χ2n) is 3.28. The van der Waals surface area contributed by atoms with Gasteiger partial charge in [-0.2, -0.15) is 0 Å². The molecule has 0 aliphatic rings. The molecule has 1 atom stereocenters. The first-order chi connectivity index (χ1) is 7.54. The Morgan fingerprint density at radius 1 is 1.50 bits per heavy atom. The first-order valence-corrected chi connectivity index (χ1v) is 4.90. The Labute approximate surface area is 92.2 Å². The van der Waals surface area contributed by atoms with E-state index in [0.717, 1.165) is 18.2 Å². The molecule has 1 aromatic carbocycles. The molecular weight excluding hydrogens is 216 g/mol. The van der Waals surface area contributed by atoms with E-state index < -0.39 is 23.6 Å². The van der Waals surface area contributed by atoms with Gasteiger partial charge in [-0.05, 0) is 25.1 Å². The fourth-order valence-corrected chi connectivity index (χ4v) is 1.31. The van der Waals surface area contributed by atoms with Crippen LogP contribution in [0, 0.1) is 11.6 Å². The highest BCUT2D eigenvalue weighted by Crippen LogP contribution is 2.19. The smallest absolute Gasteiger partial charge is 0.307 e. The molecule has 5 heteroatoms. The van der Waals surface area contributed by atoms with E-state index in [1.54, 1.807) is 6.92 Å². The van der Waals surface area contributed by atoms with E-state index in [0.29, 0.717) is 0 Å². The molecule has 0 spiro atoms. The van der Waals surface area contributed by atoms with Crippen LogP contribution in [-0.4, -0.2) is 12.6 Å². The molecule has 1 rings (SSSR count). The molecular formula is C11H13F2NO2. The SMILES string of the molecule is CCOC(=O)C[C@@H](N)c1cc(F)ccc1F. The summed E-state index contributed by atoms with van der Waals surface area (Å²) < 4.78 is 30.8. The second-order valence-corrected chi connectivity index (χ2v) is 3.28. The first-order valence-electron chi connectivity index (χ1n) is 4.90. The summed E-state index contributed by atoms with van der Waals surface area (Å²) in [5.74, 6) is -1.74.